The molecule has 3 heteroatoms. The van der Waals surface area contributed by atoms with Gasteiger partial charge < -0.3 is 9.80 Å². The molecule has 0 aromatic heterocycles. The number of nitrogens with zero attached hydrogens (tertiary/aromatic N) is 2. The molecule has 2 nitrogen and oxygen atoms in total. The summed E-state index contributed by atoms with van der Waals surface area (Å²) >= 11 is 0. The molecule has 0 heterocycles. The molecule has 0 aliphatic rings. The Morgan fingerprint density at radius 2 is 1.19 bits per heavy atom. The van der Waals surface area contributed by atoms with E-state index in [-0.39, 0.29) is 0 Å². The highest BCUT2D eigenvalue weighted by Gasteiger charge is 2.13. The summed E-state index contributed by atoms with van der Waals surface area (Å²) in [5.74, 6) is 0. The van der Waals surface area contributed by atoms with Crippen molar-refractivity contribution in [2.75, 3.05) is 38.5 Å². The van der Waals surface area contributed by atoms with Gasteiger partial charge in [-0.05, 0) is 45.4 Å². The topological polar surface area (TPSA) is 6.48 Å². The van der Waals surface area contributed by atoms with Gasteiger partial charge in [0.2, 0.25) is 0 Å². The lowest BCUT2D eigenvalue weighted by molar-refractivity contribution is 0.330. The van der Waals surface area contributed by atoms with E-state index in [1.54, 1.807) is 0 Å². The van der Waals surface area contributed by atoms with E-state index >= 15 is 0 Å². The Labute approximate surface area is 104 Å². The maximum atomic E-state index is 2.57. The molecule has 0 aromatic carbocycles. The minimum Gasteiger partial charge on any atom is -0.307 e. The van der Waals surface area contributed by atoms with Crippen LogP contribution in [0.1, 0.15) is 34.6 Å². The molecule has 0 aliphatic heterocycles. The smallest absolute Gasteiger partial charge is 0.0907 e. The summed E-state index contributed by atoms with van der Waals surface area (Å²) in [4.78, 5) is 5.14. The van der Waals surface area contributed by atoms with Crippen molar-refractivity contribution in [3.8, 4) is 0 Å². The van der Waals surface area contributed by atoms with Crippen LogP contribution in [-0.2, 0) is 0 Å². The second-order valence-corrected chi connectivity index (χ2v) is 6.89. The number of hydrogen-bond donors (Lipinski definition) is 0. The Balaban J connectivity index is 4.25. The Morgan fingerprint density at radius 3 is 1.44 bits per heavy atom. The van der Waals surface area contributed by atoms with E-state index in [0.29, 0.717) is 0 Å². The van der Waals surface area contributed by atoms with Gasteiger partial charge in [-0.15, -0.1) is 0 Å². The van der Waals surface area contributed by atoms with Gasteiger partial charge in [-0.3, -0.25) is 0 Å². The van der Waals surface area contributed by atoms with Crippen LogP contribution in [0.5, 0.6) is 0 Å². The van der Waals surface area contributed by atoms with Gasteiger partial charge >= 0.3 is 0 Å². The van der Waals surface area contributed by atoms with Crippen molar-refractivity contribution >= 4 is 8.80 Å². The number of rotatable bonds is 9. The lowest BCUT2D eigenvalue weighted by Crippen LogP contribution is -2.42. The summed E-state index contributed by atoms with van der Waals surface area (Å²) in [7, 11) is -0.749. The molecule has 0 radical (unpaired) electrons. The Kier molecular flexibility index (Phi) is 9.98. The minimum atomic E-state index is -0.749. The van der Waals surface area contributed by atoms with Gasteiger partial charge in [0.05, 0.1) is 8.80 Å². The molecule has 16 heavy (non-hydrogen) atoms. The van der Waals surface area contributed by atoms with Gasteiger partial charge in [-0.2, -0.15) is 0 Å². The fourth-order valence-electron chi connectivity index (χ4n) is 2.08. The monoisotopic (exact) mass is 242 g/mol. The van der Waals surface area contributed by atoms with Crippen LogP contribution >= 0.6 is 0 Å². The van der Waals surface area contributed by atoms with Crippen molar-refractivity contribution < 1.29 is 0 Å². The number of allylic oxidation sites excluding steroid dienone is 1. The highest BCUT2D eigenvalue weighted by molar-refractivity contribution is 6.64. The largest absolute Gasteiger partial charge is 0.307 e. The van der Waals surface area contributed by atoms with Crippen LogP contribution in [0.4, 0.5) is 0 Å². The molecule has 96 valence electrons. The average molecular weight is 242 g/mol. The average Bonchev–Trinajstić information content (AvgIpc) is 2.32. The zero-order valence-electron chi connectivity index (χ0n) is 11.9. The molecule has 0 amide bonds. The molecular formula is C13H30N2Si. The first-order valence-corrected chi connectivity index (χ1v) is 9.09. The van der Waals surface area contributed by atoms with Gasteiger partial charge in [0.25, 0.3) is 0 Å². The quantitative estimate of drug-likeness (QED) is 0.571. The van der Waals surface area contributed by atoms with E-state index in [2.05, 4.69) is 56.2 Å². The van der Waals surface area contributed by atoms with Crippen LogP contribution in [0.2, 0.25) is 0 Å². The van der Waals surface area contributed by atoms with Crippen molar-refractivity contribution in [1.82, 2.24) is 9.80 Å². The fourth-order valence-corrected chi connectivity index (χ4v) is 5.34. The first-order valence-electron chi connectivity index (χ1n) is 6.79. The second kappa shape index (κ2) is 10.1. The summed E-state index contributed by atoms with van der Waals surface area (Å²) in [6, 6.07) is 0. The zero-order valence-corrected chi connectivity index (χ0v) is 13.0. The van der Waals surface area contributed by atoms with E-state index in [1.807, 2.05) is 0 Å². The van der Waals surface area contributed by atoms with Gasteiger partial charge in [0.1, 0.15) is 0 Å². The minimum absolute atomic E-state index is 0.749. The van der Waals surface area contributed by atoms with Crippen LogP contribution in [0, 0.1) is 0 Å². The molecular weight excluding hydrogens is 212 g/mol. The lowest BCUT2D eigenvalue weighted by Gasteiger charge is -2.27. The SMILES string of the molecule is CC=C[SiH](CN(CC)CC)CN(CC)CC. The molecule has 0 saturated heterocycles. The van der Waals surface area contributed by atoms with E-state index in [1.165, 1.54) is 38.5 Å². The van der Waals surface area contributed by atoms with Crippen LogP contribution in [0.25, 0.3) is 0 Å². The molecule has 0 spiro atoms. The van der Waals surface area contributed by atoms with Crippen LogP contribution in [-0.4, -0.2) is 57.1 Å². The predicted octanol–water partition coefficient (Wildman–Crippen LogP) is 2.09. The third-order valence-corrected chi connectivity index (χ3v) is 6.14. The van der Waals surface area contributed by atoms with E-state index in [9.17, 15) is 0 Å². The van der Waals surface area contributed by atoms with E-state index < -0.39 is 8.80 Å². The molecule has 0 rings (SSSR count). The molecule has 0 unspecified atom stereocenters. The van der Waals surface area contributed by atoms with Crippen LogP contribution in [0.3, 0.4) is 0 Å². The summed E-state index contributed by atoms with van der Waals surface area (Å²) in [5.41, 5.74) is 2.50. The third-order valence-electron chi connectivity index (χ3n) is 3.24. The molecule has 0 aromatic rings. The maximum Gasteiger partial charge on any atom is 0.0907 e. The van der Waals surface area contributed by atoms with Crippen LogP contribution < -0.4 is 0 Å². The standard InChI is InChI=1S/C13H30N2Si/c1-6-11-16(12-14(7-2)8-3)13-15(9-4)10-5/h6,11,16H,7-10,12-13H2,1-5H3. The van der Waals surface area contributed by atoms with Crippen molar-refractivity contribution in [3.05, 3.63) is 11.8 Å². The zero-order chi connectivity index (χ0) is 12.4. The molecule has 0 N–H and O–H groups in total. The summed E-state index contributed by atoms with van der Waals surface area (Å²) in [5, 5.41) is 0. The lowest BCUT2D eigenvalue weighted by atomic mass is 10.6. The third kappa shape index (κ3) is 6.46. The molecule has 0 aliphatic carbocycles. The fraction of sp³-hybridized carbons (Fsp3) is 0.846. The molecule has 0 saturated carbocycles. The van der Waals surface area contributed by atoms with Crippen molar-refractivity contribution in [1.29, 1.82) is 0 Å². The summed E-state index contributed by atoms with van der Waals surface area (Å²) in [6.45, 7) is 16.0. The molecule has 0 fully saturated rings. The van der Waals surface area contributed by atoms with Crippen molar-refractivity contribution in [3.63, 3.8) is 0 Å². The normalized spacial score (nSPS) is 12.5. The van der Waals surface area contributed by atoms with E-state index in [4.69, 9.17) is 0 Å². The van der Waals surface area contributed by atoms with Gasteiger partial charge in [0, 0.05) is 0 Å². The van der Waals surface area contributed by atoms with Crippen LogP contribution in [0.15, 0.2) is 11.8 Å². The highest BCUT2D eigenvalue weighted by Crippen LogP contribution is 1.98. The summed E-state index contributed by atoms with van der Waals surface area (Å²) < 4.78 is 0. The number of hydrogen-bond acceptors (Lipinski definition) is 2. The second-order valence-electron chi connectivity index (χ2n) is 4.26. The Morgan fingerprint density at radius 1 is 0.812 bits per heavy atom. The van der Waals surface area contributed by atoms with Gasteiger partial charge in [0.15, 0.2) is 0 Å². The summed E-state index contributed by atoms with van der Waals surface area (Å²) in [6.07, 6.45) is 4.91. The predicted molar refractivity (Wildman–Crippen MR) is 77.5 cm³/mol. The Hall–Kier alpha value is -0.123. The van der Waals surface area contributed by atoms with Gasteiger partial charge in [-0.1, -0.05) is 39.5 Å². The first-order chi connectivity index (χ1) is 7.71. The first kappa shape index (κ1) is 15.9. The van der Waals surface area contributed by atoms with Crippen molar-refractivity contribution in [2.24, 2.45) is 0 Å². The molecule has 0 bridgehead atoms. The van der Waals surface area contributed by atoms with Gasteiger partial charge in [-0.25, -0.2) is 0 Å². The maximum absolute atomic E-state index is 2.57. The Bertz CT molecular complexity index is 161. The van der Waals surface area contributed by atoms with Crippen molar-refractivity contribution in [2.45, 2.75) is 34.6 Å². The highest BCUT2D eigenvalue weighted by atomic mass is 28.3. The molecule has 0 atom stereocenters. The van der Waals surface area contributed by atoms with E-state index in [0.717, 1.165) is 0 Å².